The maximum atomic E-state index is 13.1. The van der Waals surface area contributed by atoms with Gasteiger partial charge >= 0.3 is 39.5 Å². The van der Waals surface area contributed by atoms with Gasteiger partial charge in [-0.05, 0) is 57.3 Å². The predicted octanol–water partition coefficient (Wildman–Crippen LogP) is 21.6. The highest BCUT2D eigenvalue weighted by Crippen LogP contribution is 2.45. The van der Waals surface area contributed by atoms with Crippen molar-refractivity contribution in [2.75, 3.05) is 39.6 Å². The molecule has 0 aliphatic carbocycles. The van der Waals surface area contributed by atoms with Crippen molar-refractivity contribution >= 4 is 39.5 Å². The van der Waals surface area contributed by atoms with Crippen LogP contribution >= 0.6 is 15.6 Å². The molecule has 0 fully saturated rings. The number of phosphoric acid groups is 2. The van der Waals surface area contributed by atoms with E-state index < -0.39 is 97.5 Å². The molecule has 0 radical (unpaired) electrons. The Morgan fingerprint density at radius 1 is 0.330 bits per heavy atom. The molecule has 554 valence electrons. The summed E-state index contributed by atoms with van der Waals surface area (Å²) >= 11 is 0. The smallest absolute Gasteiger partial charge is 0.462 e. The van der Waals surface area contributed by atoms with Crippen LogP contribution in [-0.4, -0.2) is 96.7 Å². The number of aliphatic hydroxyl groups excluding tert-OH is 1. The third-order valence-electron chi connectivity index (χ3n) is 16.9. The summed E-state index contributed by atoms with van der Waals surface area (Å²) in [5, 5.41) is 10.6. The minimum atomic E-state index is -4.96. The van der Waals surface area contributed by atoms with Crippen LogP contribution in [0.5, 0.6) is 0 Å². The first-order chi connectivity index (χ1) is 45.5. The number of ether oxygens (including phenoxy) is 4. The molecule has 19 heteroatoms. The zero-order valence-electron chi connectivity index (χ0n) is 60.6. The summed E-state index contributed by atoms with van der Waals surface area (Å²) in [4.78, 5) is 72.8. The summed E-state index contributed by atoms with van der Waals surface area (Å²) in [5.41, 5.74) is 0. The van der Waals surface area contributed by atoms with Crippen LogP contribution in [-0.2, 0) is 65.4 Å². The van der Waals surface area contributed by atoms with Crippen LogP contribution < -0.4 is 0 Å². The average molecular weight is 1380 g/mol. The Bertz CT molecular complexity index is 1900. The number of esters is 4. The van der Waals surface area contributed by atoms with Crippen LogP contribution in [0.4, 0.5) is 0 Å². The van der Waals surface area contributed by atoms with E-state index in [-0.39, 0.29) is 25.7 Å². The quantitative estimate of drug-likeness (QED) is 0.0169. The van der Waals surface area contributed by atoms with Gasteiger partial charge in [0.1, 0.15) is 19.3 Å². The van der Waals surface area contributed by atoms with Crippen LogP contribution in [0.25, 0.3) is 0 Å². The Morgan fingerprint density at radius 3 is 0.872 bits per heavy atom. The minimum Gasteiger partial charge on any atom is -0.462 e. The van der Waals surface area contributed by atoms with Gasteiger partial charge in [0.05, 0.1) is 26.4 Å². The second-order valence-electron chi connectivity index (χ2n) is 26.8. The molecule has 0 rings (SSSR count). The van der Waals surface area contributed by atoms with Crippen molar-refractivity contribution in [3.8, 4) is 0 Å². The van der Waals surface area contributed by atoms with Gasteiger partial charge in [-0.25, -0.2) is 9.13 Å². The van der Waals surface area contributed by atoms with E-state index in [1.807, 2.05) is 0 Å². The molecule has 0 aromatic heterocycles. The van der Waals surface area contributed by atoms with Gasteiger partial charge in [-0.1, -0.05) is 316 Å². The highest BCUT2D eigenvalue weighted by Gasteiger charge is 2.30. The maximum Gasteiger partial charge on any atom is 0.472 e. The Kier molecular flexibility index (Phi) is 65.9. The predicted molar refractivity (Wildman–Crippen MR) is 381 cm³/mol. The molecule has 0 spiro atoms. The lowest BCUT2D eigenvalue weighted by Crippen LogP contribution is -2.30. The van der Waals surface area contributed by atoms with E-state index in [0.717, 1.165) is 109 Å². The molecule has 0 aromatic carbocycles. The Balaban J connectivity index is 5.29. The standard InChI is InChI=1S/C75H142O17P2/c1-6-9-12-15-18-21-24-27-28-29-36-41-46-51-56-61-75(80)92-71(65-86-73(78)59-54-49-44-39-35-31-30-32-37-42-47-52-57-68(4)5)67-90-94(83,84)88-63-69(76)62-87-93(81,82)89-66-70(91-74(79)60-55-50-45-40-34-26-23-20-17-14-11-8-3)64-85-72(77)58-53-48-43-38-33-25-22-19-16-13-10-7-2/h21,24,27-28,68-71,76H,6-20,22-23,25-26,29-67H2,1-5H3,(H,81,82)(H,83,84)/b24-21-,28-27-/t69-,70+,71+/m0/s1. The topological polar surface area (TPSA) is 237 Å². The first kappa shape index (κ1) is 91.5. The number of hydrogen-bond donors (Lipinski definition) is 3. The van der Waals surface area contributed by atoms with E-state index in [2.05, 4.69) is 58.9 Å². The van der Waals surface area contributed by atoms with Crippen molar-refractivity contribution in [2.24, 2.45) is 5.92 Å². The summed E-state index contributed by atoms with van der Waals surface area (Å²) in [6.07, 6.45) is 58.9. The van der Waals surface area contributed by atoms with E-state index in [0.29, 0.717) is 25.7 Å². The molecule has 0 saturated carbocycles. The number of allylic oxidation sites excluding steroid dienone is 4. The molecule has 0 aliphatic heterocycles. The number of unbranched alkanes of at least 4 members (excludes halogenated alkanes) is 42. The van der Waals surface area contributed by atoms with Gasteiger partial charge in [0.15, 0.2) is 12.2 Å². The first-order valence-electron chi connectivity index (χ1n) is 38.5. The molecule has 2 unspecified atom stereocenters. The summed E-state index contributed by atoms with van der Waals surface area (Å²) < 4.78 is 68.4. The summed E-state index contributed by atoms with van der Waals surface area (Å²) in [7, 11) is -9.92. The molecular weight excluding hydrogens is 1230 g/mol. The van der Waals surface area contributed by atoms with Gasteiger partial charge in [0, 0.05) is 25.7 Å². The van der Waals surface area contributed by atoms with Crippen molar-refractivity contribution < 1.29 is 80.2 Å². The van der Waals surface area contributed by atoms with E-state index >= 15 is 0 Å². The molecule has 17 nitrogen and oxygen atoms in total. The van der Waals surface area contributed by atoms with Crippen LogP contribution in [0.1, 0.15) is 369 Å². The van der Waals surface area contributed by atoms with Crippen molar-refractivity contribution in [1.82, 2.24) is 0 Å². The normalized spacial score (nSPS) is 14.1. The third-order valence-corrected chi connectivity index (χ3v) is 18.8. The van der Waals surface area contributed by atoms with Crippen LogP contribution in [0, 0.1) is 5.92 Å². The summed E-state index contributed by atoms with van der Waals surface area (Å²) in [5.74, 6) is -1.36. The minimum absolute atomic E-state index is 0.0854. The van der Waals surface area contributed by atoms with Crippen molar-refractivity contribution in [3.05, 3.63) is 24.3 Å². The van der Waals surface area contributed by atoms with Crippen LogP contribution in [0.2, 0.25) is 0 Å². The number of aliphatic hydroxyl groups is 1. The number of hydrogen-bond acceptors (Lipinski definition) is 15. The highest BCUT2D eigenvalue weighted by atomic mass is 31.2. The van der Waals surface area contributed by atoms with Gasteiger partial charge in [-0.15, -0.1) is 0 Å². The van der Waals surface area contributed by atoms with Crippen LogP contribution in [0.15, 0.2) is 24.3 Å². The van der Waals surface area contributed by atoms with Gasteiger partial charge in [-0.3, -0.25) is 37.3 Å². The molecular formula is C75H142O17P2. The Morgan fingerprint density at radius 2 is 0.574 bits per heavy atom. The molecule has 0 aliphatic rings. The average Bonchev–Trinajstić information content (AvgIpc) is 1.90. The Labute approximate surface area is 573 Å². The first-order valence-corrected chi connectivity index (χ1v) is 41.4. The second-order valence-corrected chi connectivity index (χ2v) is 29.7. The van der Waals surface area contributed by atoms with Gasteiger partial charge in [0.2, 0.25) is 0 Å². The third kappa shape index (κ3) is 68.1. The van der Waals surface area contributed by atoms with E-state index in [9.17, 15) is 43.2 Å². The van der Waals surface area contributed by atoms with E-state index in [1.165, 1.54) is 180 Å². The molecule has 3 N–H and O–H groups in total. The molecule has 94 heavy (non-hydrogen) atoms. The molecule has 0 amide bonds. The summed E-state index contributed by atoms with van der Waals surface area (Å²) in [6, 6.07) is 0. The number of carbonyl (C=O) groups excluding carboxylic acids is 4. The van der Waals surface area contributed by atoms with Gasteiger partial charge in [-0.2, -0.15) is 0 Å². The lowest BCUT2D eigenvalue weighted by atomic mass is 10.0. The fraction of sp³-hybridized carbons (Fsp3) is 0.893. The molecule has 0 heterocycles. The fourth-order valence-electron chi connectivity index (χ4n) is 11.0. The zero-order valence-corrected chi connectivity index (χ0v) is 62.4. The lowest BCUT2D eigenvalue weighted by molar-refractivity contribution is -0.161. The monoisotopic (exact) mass is 1380 g/mol. The molecule has 0 saturated heterocycles. The number of carbonyl (C=O) groups is 4. The molecule has 0 bridgehead atoms. The number of phosphoric ester groups is 2. The van der Waals surface area contributed by atoms with Crippen molar-refractivity contribution in [1.29, 1.82) is 0 Å². The SMILES string of the molecule is CCCCCC/C=C\C=C/CCCCCCCC(=O)O[C@H](COC(=O)CCCCCCCCCCCCCCC(C)C)COP(=O)(O)OC[C@@H](O)COP(=O)(O)OC[C@@H](COC(=O)CCCCCCCCCCCCCC)OC(=O)CCCCCCCCCCCCCC. The molecule has 0 aromatic rings. The maximum absolute atomic E-state index is 13.1. The van der Waals surface area contributed by atoms with E-state index in [4.69, 9.17) is 37.0 Å². The number of rotatable bonds is 73. The fourth-order valence-corrected chi connectivity index (χ4v) is 12.6. The highest BCUT2D eigenvalue weighted by molar-refractivity contribution is 7.47. The van der Waals surface area contributed by atoms with Crippen molar-refractivity contribution in [3.63, 3.8) is 0 Å². The molecule has 5 atom stereocenters. The second kappa shape index (κ2) is 67.7. The lowest BCUT2D eigenvalue weighted by Gasteiger charge is -2.21. The Hall–Kier alpha value is -2.46. The zero-order chi connectivity index (χ0) is 69.1. The summed E-state index contributed by atoms with van der Waals surface area (Å²) in [6.45, 7) is 7.23. The van der Waals surface area contributed by atoms with E-state index in [1.54, 1.807) is 0 Å². The van der Waals surface area contributed by atoms with Gasteiger partial charge in [0.25, 0.3) is 0 Å². The largest absolute Gasteiger partial charge is 0.472 e. The van der Waals surface area contributed by atoms with Crippen LogP contribution in [0.3, 0.4) is 0 Å². The van der Waals surface area contributed by atoms with Gasteiger partial charge < -0.3 is 33.8 Å². The van der Waals surface area contributed by atoms with Crippen molar-refractivity contribution in [2.45, 2.75) is 387 Å².